The molecule has 214 valence electrons. The molecule has 3 nitrogen and oxygen atoms in total. The molecule has 7 aromatic carbocycles. The van der Waals surface area contributed by atoms with Crippen LogP contribution in [0, 0.1) is 11.3 Å². The van der Waals surface area contributed by atoms with Crippen LogP contribution in [0.1, 0.15) is 5.56 Å². The highest BCUT2D eigenvalue weighted by Gasteiger charge is 2.17. The third kappa shape index (κ3) is 3.98. The first kappa shape index (κ1) is 26.1. The van der Waals surface area contributed by atoms with E-state index in [1.807, 2.05) is 24.3 Å². The van der Waals surface area contributed by atoms with Crippen molar-refractivity contribution >= 4 is 43.6 Å². The molecule has 0 amide bonds. The third-order valence-corrected chi connectivity index (χ3v) is 9.16. The summed E-state index contributed by atoms with van der Waals surface area (Å²) < 4.78 is 4.67. The second-order valence-corrected chi connectivity index (χ2v) is 11.7. The number of hydrogen-bond donors (Lipinski definition) is 0. The first-order chi connectivity index (χ1) is 22.8. The van der Waals surface area contributed by atoms with E-state index >= 15 is 0 Å². The standard InChI is InChI=1S/C43H27N3/c44-28-32-19-22-34(27-37(32)29-11-3-1-4-12-29)46-41-18-10-8-16-36(41)39-26-31(21-24-43(39)46)30-20-23-42-38(25-30)35-15-7-9-17-40(35)45(42)33-13-5-2-6-14-33/h1-27H. The highest BCUT2D eigenvalue weighted by atomic mass is 15.0. The van der Waals surface area contributed by atoms with Crippen LogP contribution < -0.4 is 0 Å². The summed E-state index contributed by atoms with van der Waals surface area (Å²) in [5.41, 5.74) is 11.9. The minimum absolute atomic E-state index is 0.669. The molecule has 0 aliphatic carbocycles. The van der Waals surface area contributed by atoms with Gasteiger partial charge in [-0.3, -0.25) is 0 Å². The first-order valence-corrected chi connectivity index (χ1v) is 15.5. The SMILES string of the molecule is N#Cc1ccc(-n2c3ccccc3c3cc(-c4ccc5c(c4)c4ccccc4n5-c4ccccc4)ccc32)cc1-c1ccccc1. The molecule has 0 saturated carbocycles. The van der Waals surface area contributed by atoms with Crippen molar-refractivity contribution in [1.29, 1.82) is 5.26 Å². The Hall–Kier alpha value is -6.37. The molecular weight excluding hydrogens is 558 g/mol. The summed E-state index contributed by atoms with van der Waals surface area (Å²) in [6.45, 7) is 0. The maximum absolute atomic E-state index is 9.91. The van der Waals surface area contributed by atoms with Gasteiger partial charge < -0.3 is 9.13 Å². The monoisotopic (exact) mass is 585 g/mol. The van der Waals surface area contributed by atoms with Gasteiger partial charge in [0.15, 0.2) is 0 Å². The van der Waals surface area contributed by atoms with Crippen molar-refractivity contribution < 1.29 is 0 Å². The minimum atomic E-state index is 0.669. The van der Waals surface area contributed by atoms with E-state index in [0.29, 0.717) is 5.56 Å². The van der Waals surface area contributed by atoms with Gasteiger partial charge in [-0.1, -0.05) is 97.1 Å². The molecule has 0 aliphatic rings. The van der Waals surface area contributed by atoms with Crippen LogP contribution in [0.5, 0.6) is 0 Å². The Morgan fingerprint density at radius 3 is 1.46 bits per heavy atom. The number of rotatable bonds is 4. The van der Waals surface area contributed by atoms with E-state index in [9.17, 15) is 5.26 Å². The van der Waals surface area contributed by atoms with Gasteiger partial charge in [-0.15, -0.1) is 0 Å². The smallest absolute Gasteiger partial charge is 0.0998 e. The first-order valence-electron chi connectivity index (χ1n) is 15.5. The van der Waals surface area contributed by atoms with Crippen molar-refractivity contribution in [1.82, 2.24) is 9.13 Å². The number of benzene rings is 7. The van der Waals surface area contributed by atoms with E-state index in [0.717, 1.165) is 33.5 Å². The highest BCUT2D eigenvalue weighted by molar-refractivity contribution is 6.12. The minimum Gasteiger partial charge on any atom is -0.309 e. The van der Waals surface area contributed by atoms with E-state index in [-0.39, 0.29) is 0 Å². The molecule has 0 bridgehead atoms. The van der Waals surface area contributed by atoms with Gasteiger partial charge in [0.25, 0.3) is 0 Å². The summed E-state index contributed by atoms with van der Waals surface area (Å²) in [6, 6.07) is 60.2. The lowest BCUT2D eigenvalue weighted by Gasteiger charge is -2.12. The van der Waals surface area contributed by atoms with Gasteiger partial charge in [0, 0.05) is 38.5 Å². The summed E-state index contributed by atoms with van der Waals surface area (Å²) in [7, 11) is 0. The Morgan fingerprint density at radius 2 is 0.870 bits per heavy atom. The molecule has 0 N–H and O–H groups in total. The fraction of sp³-hybridized carbons (Fsp3) is 0. The predicted molar refractivity (Wildman–Crippen MR) is 191 cm³/mol. The molecule has 9 aromatic rings. The zero-order valence-electron chi connectivity index (χ0n) is 24.9. The van der Waals surface area contributed by atoms with Crippen LogP contribution in [0.15, 0.2) is 164 Å². The lowest BCUT2D eigenvalue weighted by molar-refractivity contribution is 1.18. The Bertz CT molecular complexity index is 2630. The number of nitrogens with zero attached hydrogens (tertiary/aromatic N) is 3. The fourth-order valence-corrected chi connectivity index (χ4v) is 7.06. The maximum atomic E-state index is 9.91. The largest absolute Gasteiger partial charge is 0.309 e. The number of nitriles is 1. The summed E-state index contributed by atoms with van der Waals surface area (Å²) in [6.07, 6.45) is 0. The molecule has 2 heterocycles. The van der Waals surface area contributed by atoms with Gasteiger partial charge >= 0.3 is 0 Å². The Labute approximate surface area is 266 Å². The quantitative estimate of drug-likeness (QED) is 0.202. The molecule has 2 aromatic heterocycles. The predicted octanol–water partition coefficient (Wildman–Crippen LogP) is 11.1. The van der Waals surface area contributed by atoms with Gasteiger partial charge in [0.1, 0.15) is 0 Å². The molecule has 9 rings (SSSR count). The molecule has 0 unspecified atom stereocenters. The number of aromatic nitrogens is 2. The van der Waals surface area contributed by atoms with Crippen LogP contribution in [0.4, 0.5) is 0 Å². The summed E-state index contributed by atoms with van der Waals surface area (Å²) in [4.78, 5) is 0. The van der Waals surface area contributed by atoms with E-state index in [4.69, 9.17) is 0 Å². The molecule has 3 heteroatoms. The zero-order valence-corrected chi connectivity index (χ0v) is 24.9. The van der Waals surface area contributed by atoms with Crippen LogP contribution in [-0.2, 0) is 0 Å². The summed E-state index contributed by atoms with van der Waals surface area (Å²) >= 11 is 0. The fourth-order valence-electron chi connectivity index (χ4n) is 7.06. The Kier molecular flexibility index (Phi) is 5.88. The van der Waals surface area contributed by atoms with Gasteiger partial charge in [-0.25, -0.2) is 0 Å². The normalized spacial score (nSPS) is 11.5. The lowest BCUT2D eigenvalue weighted by Crippen LogP contribution is -1.96. The highest BCUT2D eigenvalue weighted by Crippen LogP contribution is 2.39. The van der Waals surface area contributed by atoms with Gasteiger partial charge in [-0.05, 0) is 83.4 Å². The Morgan fingerprint density at radius 1 is 0.370 bits per heavy atom. The maximum Gasteiger partial charge on any atom is 0.0998 e. The van der Waals surface area contributed by atoms with Crippen molar-refractivity contribution in [2.45, 2.75) is 0 Å². The van der Waals surface area contributed by atoms with Crippen LogP contribution in [-0.4, -0.2) is 9.13 Å². The average Bonchev–Trinajstić information content (AvgIpc) is 3.64. The number of fused-ring (bicyclic) bond motifs is 6. The van der Waals surface area contributed by atoms with Crippen LogP contribution in [0.25, 0.3) is 77.2 Å². The zero-order chi connectivity index (χ0) is 30.6. The van der Waals surface area contributed by atoms with Crippen molar-refractivity contribution in [3.05, 3.63) is 169 Å². The van der Waals surface area contributed by atoms with Crippen molar-refractivity contribution in [3.63, 3.8) is 0 Å². The van der Waals surface area contributed by atoms with Gasteiger partial charge in [-0.2, -0.15) is 5.26 Å². The molecule has 0 spiro atoms. The van der Waals surface area contributed by atoms with Crippen LogP contribution in [0.3, 0.4) is 0 Å². The lowest BCUT2D eigenvalue weighted by atomic mass is 9.99. The average molecular weight is 586 g/mol. The molecule has 0 aliphatic heterocycles. The molecule has 0 atom stereocenters. The topological polar surface area (TPSA) is 33.6 Å². The van der Waals surface area contributed by atoms with Crippen molar-refractivity contribution in [2.24, 2.45) is 0 Å². The molecular formula is C43H27N3. The van der Waals surface area contributed by atoms with Crippen LogP contribution in [0.2, 0.25) is 0 Å². The summed E-state index contributed by atoms with van der Waals surface area (Å²) in [5.74, 6) is 0. The molecule has 46 heavy (non-hydrogen) atoms. The molecule has 0 radical (unpaired) electrons. The second-order valence-electron chi connectivity index (χ2n) is 11.7. The van der Waals surface area contributed by atoms with E-state index in [1.165, 1.54) is 43.7 Å². The van der Waals surface area contributed by atoms with E-state index in [1.54, 1.807) is 0 Å². The third-order valence-electron chi connectivity index (χ3n) is 9.16. The van der Waals surface area contributed by atoms with Crippen LogP contribution >= 0.6 is 0 Å². The summed E-state index contributed by atoms with van der Waals surface area (Å²) in [5, 5.41) is 14.8. The van der Waals surface area contributed by atoms with Gasteiger partial charge in [0.05, 0.1) is 33.7 Å². The van der Waals surface area contributed by atoms with Gasteiger partial charge in [0.2, 0.25) is 0 Å². The van der Waals surface area contributed by atoms with Crippen molar-refractivity contribution in [2.75, 3.05) is 0 Å². The van der Waals surface area contributed by atoms with Crippen molar-refractivity contribution in [3.8, 4) is 39.7 Å². The Balaban J connectivity index is 1.23. The second kappa shape index (κ2) is 10.4. The van der Waals surface area contributed by atoms with E-state index < -0.39 is 0 Å². The number of para-hydroxylation sites is 3. The van der Waals surface area contributed by atoms with E-state index in [2.05, 4.69) is 155 Å². The number of hydrogen-bond acceptors (Lipinski definition) is 1. The molecule has 0 saturated heterocycles. The molecule has 0 fully saturated rings.